The van der Waals surface area contributed by atoms with Gasteiger partial charge in [0.1, 0.15) is 0 Å². The lowest BCUT2D eigenvalue weighted by Gasteiger charge is -2.20. The minimum atomic E-state index is 0.0729. The highest BCUT2D eigenvalue weighted by atomic mass is 16.2. The van der Waals surface area contributed by atoms with Crippen LogP contribution in [0.2, 0.25) is 0 Å². The summed E-state index contributed by atoms with van der Waals surface area (Å²) in [6.45, 7) is 1.52. The van der Waals surface area contributed by atoms with Gasteiger partial charge in [0.25, 0.3) is 0 Å². The van der Waals surface area contributed by atoms with Crippen LogP contribution in [0, 0.1) is 18.3 Å². The Labute approximate surface area is 108 Å². The van der Waals surface area contributed by atoms with Gasteiger partial charge in [0, 0.05) is 12.2 Å². The molecular formula is C15H18N2O. The lowest BCUT2D eigenvalue weighted by atomic mass is 10.3. The molecule has 0 saturated heterocycles. The summed E-state index contributed by atoms with van der Waals surface area (Å²) in [6, 6.07) is 9.72. The predicted octanol–water partition coefficient (Wildman–Crippen LogP) is 1.97. The minimum absolute atomic E-state index is 0.0729. The molecule has 1 aromatic rings. The van der Waals surface area contributed by atoms with E-state index in [1.807, 2.05) is 30.3 Å². The van der Waals surface area contributed by atoms with Crippen molar-refractivity contribution in [2.24, 2.45) is 5.92 Å². The van der Waals surface area contributed by atoms with Crippen molar-refractivity contribution >= 4 is 11.6 Å². The smallest absolute Gasteiger partial charge is 0.242 e. The highest BCUT2D eigenvalue weighted by Gasteiger charge is 2.26. The molecule has 3 nitrogen and oxygen atoms in total. The number of amides is 1. The quantitative estimate of drug-likeness (QED) is 0.774. The molecule has 1 aliphatic carbocycles. The van der Waals surface area contributed by atoms with Crippen LogP contribution in [0.5, 0.6) is 0 Å². The summed E-state index contributed by atoms with van der Waals surface area (Å²) in [7, 11) is 0. The Hall–Kier alpha value is -1.95. The van der Waals surface area contributed by atoms with E-state index in [1.165, 1.54) is 12.8 Å². The summed E-state index contributed by atoms with van der Waals surface area (Å²) in [5.41, 5.74) is 0.956. The largest absolute Gasteiger partial charge is 0.376 e. The zero-order valence-corrected chi connectivity index (χ0v) is 10.4. The third kappa shape index (κ3) is 3.81. The van der Waals surface area contributed by atoms with Gasteiger partial charge in [-0.2, -0.15) is 0 Å². The standard InChI is InChI=1S/C15H18N2O/c1-2-10-17(12-13-8-9-13)15(18)11-16-14-6-4-3-5-7-14/h1,3-7,13,16H,8-12H2. The van der Waals surface area contributed by atoms with Crippen LogP contribution in [0.15, 0.2) is 30.3 Å². The molecule has 3 heteroatoms. The van der Waals surface area contributed by atoms with E-state index in [4.69, 9.17) is 6.42 Å². The van der Waals surface area contributed by atoms with E-state index in [2.05, 4.69) is 11.2 Å². The summed E-state index contributed by atoms with van der Waals surface area (Å²) < 4.78 is 0. The second-order valence-electron chi connectivity index (χ2n) is 4.64. The number of para-hydroxylation sites is 1. The third-order valence-corrected chi connectivity index (χ3v) is 3.03. The first kappa shape index (κ1) is 12.5. The molecule has 1 aliphatic rings. The number of hydrogen-bond donors (Lipinski definition) is 1. The average molecular weight is 242 g/mol. The topological polar surface area (TPSA) is 32.3 Å². The molecule has 0 unspecified atom stereocenters. The van der Waals surface area contributed by atoms with Crippen LogP contribution in [0.3, 0.4) is 0 Å². The average Bonchev–Trinajstić information content (AvgIpc) is 3.21. The number of benzene rings is 1. The highest BCUT2D eigenvalue weighted by molar-refractivity contribution is 5.81. The van der Waals surface area contributed by atoms with Gasteiger partial charge in [-0.15, -0.1) is 6.42 Å². The fourth-order valence-corrected chi connectivity index (χ4v) is 1.82. The molecule has 0 spiro atoms. The predicted molar refractivity (Wildman–Crippen MR) is 73.1 cm³/mol. The molecule has 0 bridgehead atoms. The molecule has 1 N–H and O–H groups in total. The molecule has 2 rings (SSSR count). The fourth-order valence-electron chi connectivity index (χ4n) is 1.82. The Balaban J connectivity index is 1.82. The fraction of sp³-hybridized carbons (Fsp3) is 0.400. The van der Waals surface area contributed by atoms with Crippen molar-refractivity contribution in [3.8, 4) is 12.3 Å². The molecule has 1 amide bonds. The molecule has 94 valence electrons. The van der Waals surface area contributed by atoms with E-state index in [-0.39, 0.29) is 5.91 Å². The zero-order chi connectivity index (χ0) is 12.8. The molecule has 1 saturated carbocycles. The van der Waals surface area contributed by atoms with Crippen molar-refractivity contribution in [1.29, 1.82) is 0 Å². The van der Waals surface area contributed by atoms with E-state index in [9.17, 15) is 4.79 Å². The monoisotopic (exact) mass is 242 g/mol. The number of carbonyl (C=O) groups excluding carboxylic acids is 1. The molecule has 18 heavy (non-hydrogen) atoms. The van der Waals surface area contributed by atoms with E-state index in [1.54, 1.807) is 4.90 Å². The minimum Gasteiger partial charge on any atom is -0.376 e. The van der Waals surface area contributed by atoms with Crippen molar-refractivity contribution < 1.29 is 4.79 Å². The maximum absolute atomic E-state index is 12.0. The third-order valence-electron chi connectivity index (χ3n) is 3.03. The van der Waals surface area contributed by atoms with Gasteiger partial charge in [0.2, 0.25) is 5.91 Å². The summed E-state index contributed by atoms with van der Waals surface area (Å²) >= 11 is 0. The molecular weight excluding hydrogens is 224 g/mol. The number of hydrogen-bond acceptors (Lipinski definition) is 2. The van der Waals surface area contributed by atoms with Crippen LogP contribution in [0.25, 0.3) is 0 Å². The molecule has 0 heterocycles. The van der Waals surface area contributed by atoms with Crippen LogP contribution >= 0.6 is 0 Å². The van der Waals surface area contributed by atoms with E-state index in [0.717, 1.165) is 12.2 Å². The van der Waals surface area contributed by atoms with Gasteiger partial charge in [-0.3, -0.25) is 4.79 Å². The first-order chi connectivity index (χ1) is 8.79. The van der Waals surface area contributed by atoms with Gasteiger partial charge in [-0.25, -0.2) is 0 Å². The van der Waals surface area contributed by atoms with Crippen molar-refractivity contribution in [3.05, 3.63) is 30.3 Å². The number of carbonyl (C=O) groups is 1. The van der Waals surface area contributed by atoms with Crippen molar-refractivity contribution in [2.75, 3.05) is 25.0 Å². The number of anilines is 1. The van der Waals surface area contributed by atoms with Crippen LogP contribution in [-0.4, -0.2) is 30.4 Å². The normalized spacial score (nSPS) is 13.7. The Morgan fingerprint density at radius 1 is 1.39 bits per heavy atom. The molecule has 0 radical (unpaired) electrons. The van der Waals surface area contributed by atoms with Gasteiger partial charge in [0.15, 0.2) is 0 Å². The first-order valence-corrected chi connectivity index (χ1v) is 6.29. The summed E-state index contributed by atoms with van der Waals surface area (Å²) in [4.78, 5) is 13.8. The summed E-state index contributed by atoms with van der Waals surface area (Å²) in [5, 5.41) is 3.12. The van der Waals surface area contributed by atoms with Crippen molar-refractivity contribution in [2.45, 2.75) is 12.8 Å². The van der Waals surface area contributed by atoms with Gasteiger partial charge in [-0.05, 0) is 30.9 Å². The lowest BCUT2D eigenvalue weighted by molar-refractivity contribution is -0.128. The van der Waals surface area contributed by atoms with Crippen LogP contribution in [0.1, 0.15) is 12.8 Å². The van der Waals surface area contributed by atoms with Crippen LogP contribution in [-0.2, 0) is 4.79 Å². The number of rotatable bonds is 6. The molecule has 0 aliphatic heterocycles. The molecule has 0 aromatic heterocycles. The Kier molecular flexibility index (Phi) is 4.25. The summed E-state index contributed by atoms with van der Waals surface area (Å²) in [5.74, 6) is 3.30. The van der Waals surface area contributed by atoms with Gasteiger partial charge in [0.05, 0.1) is 13.1 Å². The zero-order valence-electron chi connectivity index (χ0n) is 10.4. The number of terminal acetylenes is 1. The number of nitrogens with one attached hydrogen (secondary N) is 1. The van der Waals surface area contributed by atoms with Crippen molar-refractivity contribution in [1.82, 2.24) is 4.90 Å². The van der Waals surface area contributed by atoms with E-state index < -0.39 is 0 Å². The lowest BCUT2D eigenvalue weighted by Crippen LogP contribution is -2.37. The van der Waals surface area contributed by atoms with E-state index in [0.29, 0.717) is 19.0 Å². The Bertz CT molecular complexity index is 432. The maximum atomic E-state index is 12.0. The second kappa shape index (κ2) is 6.11. The Morgan fingerprint density at radius 2 is 2.11 bits per heavy atom. The highest BCUT2D eigenvalue weighted by Crippen LogP contribution is 2.29. The van der Waals surface area contributed by atoms with Gasteiger partial charge in [-0.1, -0.05) is 24.1 Å². The maximum Gasteiger partial charge on any atom is 0.242 e. The molecule has 1 aromatic carbocycles. The molecule has 1 fully saturated rings. The van der Waals surface area contributed by atoms with E-state index >= 15 is 0 Å². The first-order valence-electron chi connectivity index (χ1n) is 6.29. The SMILES string of the molecule is C#CCN(CC1CC1)C(=O)CNc1ccccc1. The van der Waals surface area contributed by atoms with Crippen molar-refractivity contribution in [3.63, 3.8) is 0 Å². The Morgan fingerprint density at radius 3 is 2.72 bits per heavy atom. The summed E-state index contributed by atoms with van der Waals surface area (Å²) in [6.07, 6.45) is 7.75. The van der Waals surface area contributed by atoms with Crippen LogP contribution < -0.4 is 5.32 Å². The van der Waals surface area contributed by atoms with Gasteiger partial charge < -0.3 is 10.2 Å². The second-order valence-corrected chi connectivity index (χ2v) is 4.64. The number of nitrogens with zero attached hydrogens (tertiary/aromatic N) is 1. The van der Waals surface area contributed by atoms with Crippen LogP contribution in [0.4, 0.5) is 5.69 Å². The molecule has 0 atom stereocenters. The van der Waals surface area contributed by atoms with Gasteiger partial charge >= 0.3 is 0 Å².